The van der Waals surface area contributed by atoms with Crippen molar-refractivity contribution in [1.82, 2.24) is 0 Å². The van der Waals surface area contributed by atoms with Gasteiger partial charge in [-0.2, -0.15) is 0 Å². The van der Waals surface area contributed by atoms with E-state index in [1.807, 2.05) is 0 Å². The third-order valence-corrected chi connectivity index (χ3v) is 3.02. The molecule has 0 radical (unpaired) electrons. The van der Waals surface area contributed by atoms with Crippen molar-refractivity contribution in [1.29, 1.82) is 0 Å². The Bertz CT molecular complexity index is 482. The summed E-state index contributed by atoms with van der Waals surface area (Å²) in [6.45, 7) is 3.10. The molecule has 5 nitrogen and oxygen atoms in total. The molecule has 1 aromatic carbocycles. The monoisotopic (exact) mass is 318 g/mol. The van der Waals surface area contributed by atoms with Crippen LogP contribution in [0.3, 0.4) is 0 Å². The predicted octanol–water partition coefficient (Wildman–Crippen LogP) is 2.25. The molecule has 21 heavy (non-hydrogen) atoms. The summed E-state index contributed by atoms with van der Waals surface area (Å²) in [6, 6.07) is 3.76. The first kappa shape index (κ1) is 17.4. The Labute approximate surface area is 126 Å². The molecule has 1 rings (SSSR count). The number of aliphatic hydroxyl groups excluding tert-OH is 1. The molecule has 0 aliphatic heterocycles. The van der Waals surface area contributed by atoms with Crippen molar-refractivity contribution in [2.75, 3.05) is 13.2 Å². The van der Waals surface area contributed by atoms with Crippen molar-refractivity contribution in [2.45, 2.75) is 20.0 Å². The maximum atomic E-state index is 13.8. The molecule has 0 spiro atoms. The lowest BCUT2D eigenvalue weighted by Crippen LogP contribution is -2.34. The van der Waals surface area contributed by atoms with Crippen molar-refractivity contribution >= 4 is 23.5 Å². The first-order chi connectivity index (χ1) is 9.93. The number of ether oxygens (including phenoxy) is 2. The highest BCUT2D eigenvalue weighted by Gasteiger charge is 2.39. The van der Waals surface area contributed by atoms with E-state index < -0.39 is 29.8 Å². The number of halogens is 2. The molecule has 0 aromatic heterocycles. The van der Waals surface area contributed by atoms with E-state index in [-0.39, 0.29) is 23.8 Å². The second-order valence-electron chi connectivity index (χ2n) is 4.06. The fourth-order valence-corrected chi connectivity index (χ4v) is 2.05. The Morgan fingerprint density at radius 3 is 2.19 bits per heavy atom. The van der Waals surface area contributed by atoms with Crippen LogP contribution >= 0.6 is 11.6 Å². The van der Waals surface area contributed by atoms with Crippen LogP contribution in [0.1, 0.15) is 25.5 Å². The normalized spacial score (nSPS) is 12.1. The van der Waals surface area contributed by atoms with Crippen LogP contribution in [-0.4, -0.2) is 30.3 Å². The van der Waals surface area contributed by atoms with Crippen LogP contribution in [0.25, 0.3) is 0 Å². The third-order valence-electron chi connectivity index (χ3n) is 2.69. The zero-order chi connectivity index (χ0) is 16.0. The molecule has 0 saturated heterocycles. The largest absolute Gasteiger partial charge is 0.465 e. The van der Waals surface area contributed by atoms with Crippen molar-refractivity contribution in [3.8, 4) is 0 Å². The van der Waals surface area contributed by atoms with Gasteiger partial charge in [0.2, 0.25) is 0 Å². The Balaban J connectivity index is 3.18. The minimum Gasteiger partial charge on any atom is -0.465 e. The van der Waals surface area contributed by atoms with Crippen molar-refractivity contribution in [3.05, 3.63) is 34.6 Å². The topological polar surface area (TPSA) is 72.8 Å². The zero-order valence-corrected chi connectivity index (χ0v) is 12.4. The number of rotatable bonds is 6. The van der Waals surface area contributed by atoms with E-state index >= 15 is 0 Å². The first-order valence-corrected chi connectivity index (χ1v) is 6.77. The first-order valence-electron chi connectivity index (χ1n) is 6.39. The van der Waals surface area contributed by atoms with Crippen LogP contribution in [-0.2, 0) is 19.1 Å². The highest BCUT2D eigenvalue weighted by Crippen LogP contribution is 2.32. The zero-order valence-electron chi connectivity index (χ0n) is 11.6. The van der Waals surface area contributed by atoms with Gasteiger partial charge in [0, 0.05) is 10.6 Å². The van der Waals surface area contributed by atoms with E-state index in [4.69, 9.17) is 21.1 Å². The quantitative estimate of drug-likeness (QED) is 0.643. The number of carbonyl (C=O) groups is 2. The van der Waals surface area contributed by atoms with Crippen LogP contribution in [0.15, 0.2) is 18.2 Å². The van der Waals surface area contributed by atoms with Crippen LogP contribution in [0, 0.1) is 11.7 Å². The molecule has 0 aliphatic rings. The van der Waals surface area contributed by atoms with E-state index in [1.54, 1.807) is 13.8 Å². The lowest BCUT2D eigenvalue weighted by Gasteiger charge is -2.21. The van der Waals surface area contributed by atoms with Crippen LogP contribution < -0.4 is 0 Å². The summed E-state index contributed by atoms with van der Waals surface area (Å²) < 4.78 is 23.3. The fourth-order valence-electron chi connectivity index (χ4n) is 1.78. The van der Waals surface area contributed by atoms with Crippen LogP contribution in [0.4, 0.5) is 4.39 Å². The fraction of sp³-hybridized carbons (Fsp3) is 0.429. The number of hydrogen-bond donors (Lipinski definition) is 1. The summed E-state index contributed by atoms with van der Waals surface area (Å²) in [7, 11) is 0. The molecular weight excluding hydrogens is 303 g/mol. The summed E-state index contributed by atoms with van der Waals surface area (Å²) in [5.41, 5.74) is -0.342. The summed E-state index contributed by atoms with van der Waals surface area (Å²) in [5.74, 6) is -4.52. The van der Waals surface area contributed by atoms with Gasteiger partial charge in [0.25, 0.3) is 0 Å². The number of esters is 2. The van der Waals surface area contributed by atoms with Gasteiger partial charge in [0.05, 0.1) is 13.2 Å². The second kappa shape index (κ2) is 7.95. The summed E-state index contributed by atoms with van der Waals surface area (Å²) in [5, 5.41) is 10.1. The minimum absolute atomic E-state index is 0.00641. The van der Waals surface area contributed by atoms with Crippen molar-refractivity contribution in [3.63, 3.8) is 0 Å². The second-order valence-corrected chi connectivity index (χ2v) is 4.47. The van der Waals surface area contributed by atoms with E-state index in [0.717, 1.165) is 6.07 Å². The van der Waals surface area contributed by atoms with E-state index in [0.29, 0.717) is 0 Å². The molecule has 0 bridgehead atoms. The molecular formula is C14H16ClFO5. The molecule has 1 N–H and O–H groups in total. The molecule has 1 unspecified atom stereocenters. The molecule has 0 heterocycles. The number of benzene rings is 1. The van der Waals surface area contributed by atoms with Crippen molar-refractivity contribution < 1.29 is 28.6 Å². The number of carbonyl (C=O) groups excluding carboxylic acids is 2. The molecule has 0 aliphatic carbocycles. The molecule has 1 aromatic rings. The van der Waals surface area contributed by atoms with Gasteiger partial charge in [0.15, 0.2) is 5.92 Å². The predicted molar refractivity (Wildman–Crippen MR) is 73.1 cm³/mol. The Morgan fingerprint density at radius 1 is 1.24 bits per heavy atom. The van der Waals surface area contributed by atoms with Crippen LogP contribution in [0.5, 0.6) is 0 Å². The lowest BCUT2D eigenvalue weighted by molar-refractivity contribution is -0.167. The molecule has 0 saturated carbocycles. The highest BCUT2D eigenvalue weighted by molar-refractivity contribution is 6.31. The average Bonchev–Trinajstić information content (AvgIpc) is 2.39. The molecule has 7 heteroatoms. The third kappa shape index (κ3) is 4.15. The summed E-state index contributed by atoms with van der Waals surface area (Å²) >= 11 is 5.83. The van der Waals surface area contributed by atoms with Gasteiger partial charge < -0.3 is 14.6 Å². The van der Waals surface area contributed by atoms with E-state index in [2.05, 4.69) is 0 Å². The van der Waals surface area contributed by atoms with Gasteiger partial charge in [-0.25, -0.2) is 4.39 Å². The average molecular weight is 319 g/mol. The Morgan fingerprint density at radius 2 is 1.76 bits per heavy atom. The summed E-state index contributed by atoms with van der Waals surface area (Å²) in [4.78, 5) is 23.7. The molecule has 116 valence electrons. The Hall–Kier alpha value is -1.66. The smallest absolute Gasteiger partial charge is 0.323 e. The maximum Gasteiger partial charge on any atom is 0.323 e. The van der Waals surface area contributed by atoms with E-state index in [9.17, 15) is 19.1 Å². The van der Waals surface area contributed by atoms with Crippen molar-refractivity contribution in [2.24, 2.45) is 5.92 Å². The number of aliphatic hydroxyl groups is 1. The SMILES string of the molecule is CCOC(=O)C(C(=O)OCC)C(O)c1c(F)cccc1Cl. The summed E-state index contributed by atoms with van der Waals surface area (Å²) in [6.07, 6.45) is -1.79. The lowest BCUT2D eigenvalue weighted by atomic mass is 9.95. The van der Waals surface area contributed by atoms with Gasteiger partial charge in [-0.1, -0.05) is 17.7 Å². The van der Waals surface area contributed by atoms with Gasteiger partial charge in [-0.15, -0.1) is 0 Å². The van der Waals surface area contributed by atoms with Gasteiger partial charge >= 0.3 is 11.9 Å². The standard InChI is InChI=1S/C14H16ClFO5/c1-3-20-13(18)11(14(19)21-4-2)12(17)10-8(15)6-5-7-9(10)16/h5-7,11-12,17H,3-4H2,1-2H3. The maximum absolute atomic E-state index is 13.8. The molecule has 0 amide bonds. The molecule has 0 fully saturated rings. The van der Waals surface area contributed by atoms with Gasteiger partial charge in [-0.05, 0) is 26.0 Å². The highest BCUT2D eigenvalue weighted by atomic mass is 35.5. The van der Waals surface area contributed by atoms with Gasteiger partial charge in [0.1, 0.15) is 11.9 Å². The number of hydrogen-bond acceptors (Lipinski definition) is 5. The molecule has 1 atom stereocenters. The minimum atomic E-state index is -1.79. The Kier molecular flexibility index (Phi) is 6.58. The van der Waals surface area contributed by atoms with Gasteiger partial charge in [-0.3, -0.25) is 9.59 Å². The van der Waals surface area contributed by atoms with Crippen LogP contribution in [0.2, 0.25) is 5.02 Å². The van der Waals surface area contributed by atoms with E-state index in [1.165, 1.54) is 12.1 Å².